The highest BCUT2D eigenvalue weighted by Gasteiger charge is 2.72. The number of hydrogen-bond acceptors (Lipinski definition) is 18. The number of aliphatic carboxylic acids is 1. The van der Waals surface area contributed by atoms with Crippen molar-refractivity contribution in [1.82, 2.24) is 0 Å². The van der Waals surface area contributed by atoms with Crippen molar-refractivity contribution >= 4 is 17.9 Å². The van der Waals surface area contributed by atoms with Crippen molar-refractivity contribution in [3.8, 4) is 11.5 Å². The second-order valence-corrected chi connectivity index (χ2v) is 23.1. The SMILES string of the molecule is COc1ccc(C(=O)O[C@H]2[C@H](OC(=O)[C@]34CCC(C)(C)CC3C3=CC[C@@H]5[C@@]6(C)CC[C@H](O[C@@H]7O[C@H](C(=O)O)[C@@H](O)[C@H](O)[C@H]7O)[C@@](C)(CO)[C@@H]6CC[C@@]5(C)[C@]3(C)C[C@H]4O)O[C@H](CO)[C@@H](O)[C@@H]2O)cc1OC. The number of methoxy groups -OCH3 is 2. The lowest BCUT2D eigenvalue weighted by Gasteiger charge is -2.72. The molecule has 6 fully saturated rings. The molecule has 7 aliphatic rings. The normalized spacial score (nSPS) is 46.4. The van der Waals surface area contributed by atoms with Crippen LogP contribution in [0.4, 0.5) is 0 Å². The van der Waals surface area contributed by atoms with Crippen molar-refractivity contribution in [1.29, 1.82) is 0 Å². The van der Waals surface area contributed by atoms with Crippen molar-refractivity contribution in [2.24, 2.45) is 50.2 Å². The van der Waals surface area contributed by atoms with Gasteiger partial charge in [0.15, 0.2) is 30.0 Å². The number of aliphatic hydroxyl groups is 8. The van der Waals surface area contributed by atoms with Crippen LogP contribution in [-0.2, 0) is 33.3 Å². The van der Waals surface area contributed by atoms with E-state index in [9.17, 15) is 55.5 Å². The van der Waals surface area contributed by atoms with E-state index in [4.69, 9.17) is 33.2 Å². The fraction of sp³-hybridized carbons (Fsp3) is 0.784. The van der Waals surface area contributed by atoms with Gasteiger partial charge in [0.1, 0.15) is 42.0 Å². The number of hydrogen-bond donors (Lipinski definition) is 9. The first kappa shape index (κ1) is 52.8. The summed E-state index contributed by atoms with van der Waals surface area (Å²) in [6.07, 6.45) is -12.6. The van der Waals surface area contributed by atoms with Crippen LogP contribution in [0, 0.1) is 50.2 Å². The monoisotopic (exact) mass is 990 g/mol. The number of ether oxygens (including phenoxy) is 7. The van der Waals surface area contributed by atoms with Crippen molar-refractivity contribution < 1.29 is 93.5 Å². The molecule has 1 unspecified atom stereocenters. The van der Waals surface area contributed by atoms with Crippen LogP contribution in [0.25, 0.3) is 0 Å². The first-order valence-corrected chi connectivity index (χ1v) is 24.7. The van der Waals surface area contributed by atoms with Crippen LogP contribution in [0.1, 0.15) is 110 Å². The summed E-state index contributed by atoms with van der Waals surface area (Å²) in [5.41, 5.74) is -3.10. The van der Waals surface area contributed by atoms with Gasteiger partial charge in [0.2, 0.25) is 6.29 Å². The molecule has 2 heterocycles. The van der Waals surface area contributed by atoms with Gasteiger partial charge in [-0.2, -0.15) is 0 Å². The molecule has 0 spiro atoms. The second kappa shape index (κ2) is 18.8. The lowest BCUT2D eigenvalue weighted by atomic mass is 9.33. The van der Waals surface area contributed by atoms with Gasteiger partial charge in [-0.3, -0.25) is 4.79 Å². The maximum absolute atomic E-state index is 15.3. The fourth-order valence-corrected chi connectivity index (χ4v) is 14.9. The summed E-state index contributed by atoms with van der Waals surface area (Å²) >= 11 is 0. The number of carboxylic acids is 1. The van der Waals surface area contributed by atoms with E-state index in [1.54, 1.807) is 0 Å². The fourth-order valence-electron chi connectivity index (χ4n) is 14.9. The van der Waals surface area contributed by atoms with E-state index in [-0.39, 0.29) is 48.0 Å². The molecule has 4 saturated carbocycles. The molecule has 1 aromatic carbocycles. The zero-order valence-corrected chi connectivity index (χ0v) is 41.4. The highest BCUT2D eigenvalue weighted by Crippen LogP contribution is 2.76. The van der Waals surface area contributed by atoms with Gasteiger partial charge in [0, 0.05) is 5.41 Å². The van der Waals surface area contributed by atoms with Gasteiger partial charge >= 0.3 is 17.9 Å². The van der Waals surface area contributed by atoms with Crippen LogP contribution >= 0.6 is 0 Å². The third-order valence-corrected chi connectivity index (χ3v) is 19.2. The van der Waals surface area contributed by atoms with Gasteiger partial charge in [-0.05, 0) is 115 Å². The van der Waals surface area contributed by atoms with E-state index in [1.165, 1.54) is 32.4 Å². The molecule has 19 nitrogen and oxygen atoms in total. The van der Waals surface area contributed by atoms with Crippen molar-refractivity contribution in [2.75, 3.05) is 27.4 Å². The molecule has 0 radical (unpaired) electrons. The standard InChI is InChI=1S/C51H74O19/c1-46(2)17-18-51(45(63)70-44-40(36(57)34(55)29(22-52)66-44)68-42(62)24-9-11-27(64-7)28(19-24)65-8)26(20-46)25-10-12-31-47(3)15-14-33(67-43-38(59)35(56)37(58)39(69-43)41(60)61)48(4,23-53)30(47)13-16-49(31,5)50(25,6)21-32(51)54/h9-11,19,26,29-40,43-44,52-59H,12-18,20-23H2,1-8H3,(H,60,61)/t26?,29-,30-,31-,32-,33+,34-,35+,36+,37+,38-,39+,40-,43-,44+,47+,48+,49-,50-,51-/m1/s1. The Labute approximate surface area is 408 Å². The summed E-state index contributed by atoms with van der Waals surface area (Å²) in [5.74, 6) is -3.36. The van der Waals surface area contributed by atoms with Crippen molar-refractivity contribution in [3.63, 3.8) is 0 Å². The van der Waals surface area contributed by atoms with E-state index in [2.05, 4.69) is 40.7 Å². The minimum Gasteiger partial charge on any atom is -0.493 e. The Morgan fingerprint density at radius 3 is 2.09 bits per heavy atom. The van der Waals surface area contributed by atoms with E-state index < -0.39 is 131 Å². The average Bonchev–Trinajstić information content (AvgIpc) is 3.31. The summed E-state index contributed by atoms with van der Waals surface area (Å²) < 4.78 is 40.4. The lowest BCUT2D eigenvalue weighted by Crippen LogP contribution is -2.69. The Bertz CT molecular complexity index is 2180. The molecule has 1 aromatic rings. The van der Waals surface area contributed by atoms with Gasteiger partial charge in [-0.25, -0.2) is 9.59 Å². The highest BCUT2D eigenvalue weighted by molar-refractivity contribution is 5.90. The van der Waals surface area contributed by atoms with E-state index in [0.29, 0.717) is 50.7 Å². The van der Waals surface area contributed by atoms with Crippen LogP contribution in [0.3, 0.4) is 0 Å². The number of allylic oxidation sites excluding steroid dienone is 2. The van der Waals surface area contributed by atoms with Gasteiger partial charge in [0.25, 0.3) is 0 Å². The average molecular weight is 991 g/mol. The zero-order valence-electron chi connectivity index (χ0n) is 41.4. The molecule has 9 N–H and O–H groups in total. The smallest absolute Gasteiger partial charge is 0.338 e. The summed E-state index contributed by atoms with van der Waals surface area (Å²) in [5, 5.41) is 98.1. The summed E-state index contributed by atoms with van der Waals surface area (Å²) in [6.45, 7) is 11.8. The van der Waals surface area contributed by atoms with Crippen molar-refractivity contribution in [2.45, 2.75) is 173 Å². The number of benzene rings is 1. The van der Waals surface area contributed by atoms with Crippen LogP contribution in [0.15, 0.2) is 29.8 Å². The summed E-state index contributed by atoms with van der Waals surface area (Å²) in [6, 6.07) is 4.27. The van der Waals surface area contributed by atoms with Crippen LogP contribution < -0.4 is 9.47 Å². The van der Waals surface area contributed by atoms with E-state index in [1.807, 2.05) is 6.92 Å². The molecular formula is C51H74O19. The predicted molar refractivity (Wildman–Crippen MR) is 244 cm³/mol. The Hall–Kier alpha value is -3.47. The molecule has 0 amide bonds. The maximum Gasteiger partial charge on any atom is 0.338 e. The number of carbonyl (C=O) groups is 3. The lowest BCUT2D eigenvalue weighted by molar-refractivity contribution is -0.327. The molecule has 5 aliphatic carbocycles. The molecule has 8 rings (SSSR count). The Morgan fingerprint density at radius 1 is 0.743 bits per heavy atom. The largest absolute Gasteiger partial charge is 0.493 e. The van der Waals surface area contributed by atoms with Crippen LogP contribution in [0.2, 0.25) is 0 Å². The zero-order chi connectivity index (χ0) is 51.3. The van der Waals surface area contributed by atoms with E-state index in [0.717, 1.165) is 5.57 Å². The molecular weight excluding hydrogens is 917 g/mol. The van der Waals surface area contributed by atoms with Gasteiger partial charge in [0.05, 0.1) is 45.2 Å². The minimum atomic E-state index is -1.88. The third-order valence-electron chi connectivity index (χ3n) is 19.2. The van der Waals surface area contributed by atoms with Crippen LogP contribution in [0.5, 0.6) is 11.5 Å². The van der Waals surface area contributed by atoms with Gasteiger partial charge in [-0.1, -0.05) is 53.2 Å². The predicted octanol–water partition coefficient (Wildman–Crippen LogP) is 2.23. The van der Waals surface area contributed by atoms with Crippen molar-refractivity contribution in [3.05, 3.63) is 35.4 Å². The Kier molecular flexibility index (Phi) is 14.2. The van der Waals surface area contributed by atoms with Gasteiger partial charge < -0.3 is 79.1 Å². The topological polar surface area (TPSA) is 298 Å². The summed E-state index contributed by atoms with van der Waals surface area (Å²) in [4.78, 5) is 40.8. The molecule has 70 heavy (non-hydrogen) atoms. The molecule has 392 valence electrons. The van der Waals surface area contributed by atoms with Crippen LogP contribution in [-0.4, -0.2) is 165 Å². The number of carboxylic acid groups (broad SMARTS) is 1. The second-order valence-electron chi connectivity index (χ2n) is 23.1. The van der Waals surface area contributed by atoms with Gasteiger partial charge in [-0.15, -0.1) is 0 Å². The molecule has 2 saturated heterocycles. The number of rotatable bonds is 11. The number of fused-ring (bicyclic) bond motifs is 7. The third kappa shape index (κ3) is 8.08. The minimum absolute atomic E-state index is 0.00281. The first-order valence-electron chi connectivity index (χ1n) is 24.7. The summed E-state index contributed by atoms with van der Waals surface area (Å²) in [7, 11) is 2.83. The Morgan fingerprint density at radius 2 is 1.44 bits per heavy atom. The quantitative estimate of drug-likeness (QED) is 0.0873. The highest BCUT2D eigenvalue weighted by atomic mass is 16.7. The first-order chi connectivity index (χ1) is 32.8. The molecule has 20 atom stereocenters. The molecule has 0 aromatic heterocycles. The number of aliphatic hydroxyl groups excluding tert-OH is 8. The Balaban J connectivity index is 1.09. The molecule has 0 bridgehead atoms. The molecule has 2 aliphatic heterocycles. The number of esters is 2. The maximum atomic E-state index is 15.3. The van der Waals surface area contributed by atoms with E-state index >= 15 is 4.79 Å². The molecule has 19 heteroatoms. The number of carbonyl (C=O) groups excluding carboxylic acids is 2.